The maximum atomic E-state index is 6.35. The number of fused-ring (bicyclic) bond motifs is 2. The van der Waals surface area contributed by atoms with E-state index in [4.69, 9.17) is 14.5 Å². The first kappa shape index (κ1) is 15.9. The van der Waals surface area contributed by atoms with E-state index in [-0.39, 0.29) is 11.5 Å². The summed E-state index contributed by atoms with van der Waals surface area (Å²) in [6.07, 6.45) is 3.19. The third-order valence-corrected chi connectivity index (χ3v) is 6.02. The van der Waals surface area contributed by atoms with Crippen molar-refractivity contribution in [3.8, 4) is 5.75 Å². The molecule has 3 heterocycles. The molecule has 0 aromatic heterocycles. The van der Waals surface area contributed by atoms with Gasteiger partial charge in [0, 0.05) is 34.7 Å². The molecule has 6 heteroatoms. The molecule has 4 rings (SSSR count). The summed E-state index contributed by atoms with van der Waals surface area (Å²) in [6.45, 7) is 3.68. The summed E-state index contributed by atoms with van der Waals surface area (Å²) in [5.41, 5.74) is 1.69. The summed E-state index contributed by atoms with van der Waals surface area (Å²) >= 11 is 8.20. The van der Waals surface area contributed by atoms with E-state index >= 15 is 0 Å². The summed E-state index contributed by atoms with van der Waals surface area (Å²) in [4.78, 5) is 4.98. The average Bonchev–Trinajstić information content (AvgIpc) is 2.83. The third-order valence-electron chi connectivity index (χ3n) is 5.02. The lowest BCUT2D eigenvalue weighted by atomic mass is 9.83. The third kappa shape index (κ3) is 2.84. The maximum Gasteiger partial charge on any atom is 0.144 e. The topological polar surface area (TPSA) is 42.9 Å². The Bertz CT molecular complexity index is 647. The van der Waals surface area contributed by atoms with Crippen LogP contribution in [0.1, 0.15) is 31.7 Å². The highest BCUT2D eigenvalue weighted by Gasteiger charge is 2.48. The standard InChI is InChI=1S/C17H21BrN2O2S/c1-10-16(23)20-17(19-10)8-15(11-3-2-6-21-9-11)22-14-5-4-12(18)7-13(14)17/h4-5,7,11,15-16,20,23H,2-3,6,8-9H2,1H3. The zero-order valence-corrected chi connectivity index (χ0v) is 15.6. The molecule has 0 amide bonds. The second-order valence-electron chi connectivity index (χ2n) is 6.64. The Morgan fingerprint density at radius 2 is 2.30 bits per heavy atom. The summed E-state index contributed by atoms with van der Waals surface area (Å²) in [5.74, 6) is 1.34. The molecule has 0 bridgehead atoms. The molecule has 4 atom stereocenters. The Kier molecular flexibility index (Phi) is 4.20. The largest absolute Gasteiger partial charge is 0.489 e. The summed E-state index contributed by atoms with van der Waals surface area (Å²) < 4.78 is 13.1. The van der Waals surface area contributed by atoms with Crippen LogP contribution in [-0.2, 0) is 10.4 Å². The Hall–Kier alpha value is -0.560. The summed E-state index contributed by atoms with van der Waals surface area (Å²) in [6, 6.07) is 6.17. The van der Waals surface area contributed by atoms with Gasteiger partial charge in [-0.1, -0.05) is 15.9 Å². The molecule has 1 fully saturated rings. The van der Waals surface area contributed by atoms with Gasteiger partial charge in [-0.15, -0.1) is 0 Å². The van der Waals surface area contributed by atoms with Gasteiger partial charge in [-0.05, 0) is 38.0 Å². The molecule has 23 heavy (non-hydrogen) atoms. The van der Waals surface area contributed by atoms with E-state index in [1.54, 1.807) is 0 Å². The second kappa shape index (κ2) is 6.06. The van der Waals surface area contributed by atoms with Crippen LogP contribution in [0, 0.1) is 5.92 Å². The number of halogens is 1. The number of aliphatic imine (C=N–C) groups is 1. The Morgan fingerprint density at radius 1 is 1.43 bits per heavy atom. The molecular formula is C17H21BrN2O2S. The predicted octanol–water partition coefficient (Wildman–Crippen LogP) is 3.50. The summed E-state index contributed by atoms with van der Waals surface area (Å²) in [5, 5.41) is 3.58. The number of benzene rings is 1. The van der Waals surface area contributed by atoms with E-state index in [2.05, 4.69) is 39.9 Å². The van der Waals surface area contributed by atoms with E-state index in [1.807, 2.05) is 19.1 Å². The van der Waals surface area contributed by atoms with Crippen LogP contribution >= 0.6 is 28.6 Å². The highest BCUT2D eigenvalue weighted by atomic mass is 79.9. The molecule has 1 spiro atoms. The SMILES string of the molecule is CC1=NC2(CC(C3CCCOC3)Oc3ccc(Br)cc32)NC1S. The summed E-state index contributed by atoms with van der Waals surface area (Å²) in [7, 11) is 0. The minimum atomic E-state index is -0.435. The van der Waals surface area contributed by atoms with Crippen molar-refractivity contribution >= 4 is 34.3 Å². The molecule has 1 aromatic carbocycles. The second-order valence-corrected chi connectivity index (χ2v) is 8.07. The van der Waals surface area contributed by atoms with Gasteiger partial charge in [0.1, 0.15) is 17.5 Å². The molecule has 4 nitrogen and oxygen atoms in total. The number of nitrogens with one attached hydrogen (secondary N) is 1. The smallest absolute Gasteiger partial charge is 0.144 e. The Balaban J connectivity index is 1.74. The van der Waals surface area contributed by atoms with Gasteiger partial charge in [0.05, 0.1) is 12.0 Å². The lowest BCUT2D eigenvalue weighted by Crippen LogP contribution is -2.49. The molecule has 3 aliphatic heterocycles. The first-order valence-electron chi connectivity index (χ1n) is 8.14. The normalized spacial score (nSPS) is 36.5. The molecule has 1 aromatic rings. The van der Waals surface area contributed by atoms with E-state index in [9.17, 15) is 0 Å². The van der Waals surface area contributed by atoms with Crippen LogP contribution in [0.2, 0.25) is 0 Å². The van der Waals surface area contributed by atoms with Gasteiger partial charge in [0.15, 0.2) is 0 Å². The van der Waals surface area contributed by atoms with Crippen LogP contribution < -0.4 is 10.1 Å². The number of nitrogens with zero attached hydrogens (tertiary/aromatic N) is 1. The number of thiol groups is 1. The monoisotopic (exact) mass is 396 g/mol. The van der Waals surface area contributed by atoms with Crippen molar-refractivity contribution in [2.45, 2.75) is 43.3 Å². The van der Waals surface area contributed by atoms with Crippen molar-refractivity contribution in [2.24, 2.45) is 10.9 Å². The number of ether oxygens (including phenoxy) is 2. The quantitative estimate of drug-likeness (QED) is 0.713. The highest BCUT2D eigenvalue weighted by molar-refractivity contribution is 9.10. The van der Waals surface area contributed by atoms with Crippen LogP contribution in [-0.4, -0.2) is 30.4 Å². The fourth-order valence-electron chi connectivity index (χ4n) is 3.82. The van der Waals surface area contributed by atoms with E-state index in [0.29, 0.717) is 5.92 Å². The molecular weight excluding hydrogens is 376 g/mol. The first-order valence-corrected chi connectivity index (χ1v) is 9.45. The van der Waals surface area contributed by atoms with Crippen LogP contribution in [0.5, 0.6) is 5.75 Å². The van der Waals surface area contributed by atoms with Crippen LogP contribution in [0.3, 0.4) is 0 Å². The molecule has 1 saturated heterocycles. The molecule has 0 saturated carbocycles. The highest BCUT2D eigenvalue weighted by Crippen LogP contribution is 2.46. The zero-order chi connectivity index (χ0) is 16.0. The van der Waals surface area contributed by atoms with Gasteiger partial charge in [0.25, 0.3) is 0 Å². The predicted molar refractivity (Wildman–Crippen MR) is 97.4 cm³/mol. The lowest BCUT2D eigenvalue weighted by molar-refractivity contribution is -0.0199. The van der Waals surface area contributed by atoms with Crippen LogP contribution in [0.15, 0.2) is 27.7 Å². The fraction of sp³-hybridized carbons (Fsp3) is 0.588. The zero-order valence-electron chi connectivity index (χ0n) is 13.1. The van der Waals surface area contributed by atoms with Gasteiger partial charge < -0.3 is 9.47 Å². The molecule has 1 N–H and O–H groups in total. The molecule has 3 aliphatic rings. The number of hydrogen-bond donors (Lipinski definition) is 2. The van der Waals surface area contributed by atoms with Crippen molar-refractivity contribution in [1.29, 1.82) is 0 Å². The van der Waals surface area contributed by atoms with Gasteiger partial charge in [-0.25, -0.2) is 0 Å². The van der Waals surface area contributed by atoms with Crippen LogP contribution in [0.25, 0.3) is 0 Å². The lowest BCUT2D eigenvalue weighted by Gasteiger charge is -2.42. The van der Waals surface area contributed by atoms with Gasteiger partial charge in [0.2, 0.25) is 0 Å². The first-order chi connectivity index (χ1) is 11.1. The van der Waals surface area contributed by atoms with Gasteiger partial charge in [-0.2, -0.15) is 12.6 Å². The van der Waals surface area contributed by atoms with Crippen molar-refractivity contribution in [1.82, 2.24) is 5.32 Å². The molecule has 0 aliphatic carbocycles. The van der Waals surface area contributed by atoms with E-state index in [1.165, 1.54) is 0 Å². The molecule has 0 radical (unpaired) electrons. The van der Waals surface area contributed by atoms with E-state index in [0.717, 1.165) is 54.0 Å². The maximum absolute atomic E-state index is 6.35. The van der Waals surface area contributed by atoms with Gasteiger partial charge >= 0.3 is 0 Å². The van der Waals surface area contributed by atoms with Crippen molar-refractivity contribution < 1.29 is 9.47 Å². The van der Waals surface area contributed by atoms with Gasteiger partial charge in [-0.3, -0.25) is 10.3 Å². The average molecular weight is 397 g/mol. The number of hydrogen-bond acceptors (Lipinski definition) is 5. The Labute approximate surface area is 150 Å². The minimum absolute atomic E-state index is 0.0109. The fourth-order valence-corrected chi connectivity index (χ4v) is 4.46. The van der Waals surface area contributed by atoms with Crippen LogP contribution in [0.4, 0.5) is 0 Å². The molecule has 124 valence electrons. The molecule has 4 unspecified atom stereocenters. The van der Waals surface area contributed by atoms with Crippen molar-refractivity contribution in [3.05, 3.63) is 28.2 Å². The van der Waals surface area contributed by atoms with Crippen molar-refractivity contribution in [2.75, 3.05) is 13.2 Å². The van der Waals surface area contributed by atoms with E-state index < -0.39 is 5.66 Å². The minimum Gasteiger partial charge on any atom is -0.489 e. The van der Waals surface area contributed by atoms with Crippen molar-refractivity contribution in [3.63, 3.8) is 0 Å². The Morgan fingerprint density at radius 3 is 3.00 bits per heavy atom. The number of rotatable bonds is 1.